The van der Waals surface area contributed by atoms with Crippen LogP contribution in [0.2, 0.25) is 0 Å². The Labute approximate surface area is 174 Å². The van der Waals surface area contributed by atoms with Gasteiger partial charge in [0, 0.05) is 19.3 Å². The molecule has 2 unspecified atom stereocenters. The molecule has 0 aromatic heterocycles. The summed E-state index contributed by atoms with van der Waals surface area (Å²) >= 11 is 0. The minimum atomic E-state index is -0.886. The van der Waals surface area contributed by atoms with E-state index < -0.39 is 66.2 Å². The van der Waals surface area contributed by atoms with Crippen LogP contribution in [0, 0.1) is 17.8 Å². The molecule has 7 atom stereocenters. The van der Waals surface area contributed by atoms with Crippen LogP contribution < -0.4 is 0 Å². The molecule has 2 saturated heterocycles. The SMILES string of the molecule is C=C(CO)C(=O)OC1C[C@H](C)C(=O)CC[C@@]2(C)O[C@@H]2[C@H]2OC(=O)C(COC(C)=O)[C@H]12. The zero-order valence-corrected chi connectivity index (χ0v) is 17.4. The third-order valence-corrected chi connectivity index (χ3v) is 6.27. The van der Waals surface area contributed by atoms with Gasteiger partial charge in [0.15, 0.2) is 0 Å². The first-order chi connectivity index (χ1) is 14.1. The Kier molecular flexibility index (Phi) is 6.33. The highest BCUT2D eigenvalue weighted by atomic mass is 16.7. The van der Waals surface area contributed by atoms with E-state index in [4.69, 9.17) is 18.9 Å². The Hall–Kier alpha value is -2.26. The van der Waals surface area contributed by atoms with Crippen LogP contribution in [-0.4, -0.2) is 65.9 Å². The van der Waals surface area contributed by atoms with Crippen molar-refractivity contribution in [2.24, 2.45) is 17.8 Å². The molecule has 0 aromatic carbocycles. The number of epoxide rings is 1. The first-order valence-corrected chi connectivity index (χ1v) is 10.1. The number of ketones is 1. The Morgan fingerprint density at radius 3 is 2.67 bits per heavy atom. The Bertz CT molecular complexity index is 760. The van der Waals surface area contributed by atoms with Crippen LogP contribution in [0.3, 0.4) is 0 Å². The molecule has 9 nitrogen and oxygen atoms in total. The predicted molar refractivity (Wildman–Crippen MR) is 101 cm³/mol. The van der Waals surface area contributed by atoms with E-state index in [0.717, 1.165) is 0 Å². The molecule has 9 heteroatoms. The largest absolute Gasteiger partial charge is 0.465 e. The van der Waals surface area contributed by atoms with Gasteiger partial charge in [-0.2, -0.15) is 0 Å². The third-order valence-electron chi connectivity index (χ3n) is 6.27. The van der Waals surface area contributed by atoms with Crippen molar-refractivity contribution in [2.75, 3.05) is 13.2 Å². The van der Waals surface area contributed by atoms with Gasteiger partial charge in [0.2, 0.25) is 0 Å². The lowest BCUT2D eigenvalue weighted by atomic mass is 9.77. The fraction of sp³-hybridized carbons (Fsp3) is 0.714. The second kappa shape index (κ2) is 8.47. The Morgan fingerprint density at radius 1 is 1.33 bits per heavy atom. The van der Waals surface area contributed by atoms with Crippen molar-refractivity contribution < 1.29 is 43.2 Å². The van der Waals surface area contributed by atoms with E-state index in [-0.39, 0.29) is 24.4 Å². The van der Waals surface area contributed by atoms with E-state index in [2.05, 4.69) is 6.58 Å². The highest BCUT2D eigenvalue weighted by molar-refractivity contribution is 5.88. The third kappa shape index (κ3) is 4.41. The number of hydrogen-bond donors (Lipinski definition) is 1. The molecule has 30 heavy (non-hydrogen) atoms. The molecule has 2 aliphatic heterocycles. The molecule has 0 radical (unpaired) electrons. The molecular formula is C21H28O9. The molecule has 1 N–H and O–H groups in total. The van der Waals surface area contributed by atoms with Crippen molar-refractivity contribution in [3.05, 3.63) is 12.2 Å². The summed E-state index contributed by atoms with van der Waals surface area (Å²) in [5, 5.41) is 9.21. The predicted octanol–water partition coefficient (Wildman–Crippen LogP) is 0.714. The number of ether oxygens (including phenoxy) is 4. The lowest BCUT2D eigenvalue weighted by Gasteiger charge is -2.31. The minimum absolute atomic E-state index is 0.00716. The lowest BCUT2D eigenvalue weighted by molar-refractivity contribution is -0.154. The maximum absolute atomic E-state index is 12.7. The average molecular weight is 424 g/mol. The number of hydrogen-bond acceptors (Lipinski definition) is 9. The van der Waals surface area contributed by atoms with Crippen LogP contribution in [-0.2, 0) is 38.1 Å². The van der Waals surface area contributed by atoms with Gasteiger partial charge in [0.1, 0.15) is 36.6 Å². The number of esters is 3. The lowest BCUT2D eigenvalue weighted by Crippen LogP contribution is -2.43. The summed E-state index contributed by atoms with van der Waals surface area (Å²) in [5.74, 6) is -3.90. The Morgan fingerprint density at radius 2 is 2.03 bits per heavy atom. The first kappa shape index (κ1) is 22.4. The van der Waals surface area contributed by atoms with E-state index in [1.54, 1.807) is 6.92 Å². The topological polar surface area (TPSA) is 129 Å². The van der Waals surface area contributed by atoms with E-state index >= 15 is 0 Å². The van der Waals surface area contributed by atoms with Gasteiger partial charge in [-0.25, -0.2) is 4.79 Å². The summed E-state index contributed by atoms with van der Waals surface area (Å²) in [4.78, 5) is 48.9. The highest BCUT2D eigenvalue weighted by Crippen LogP contribution is 2.51. The van der Waals surface area contributed by atoms with Crippen molar-refractivity contribution >= 4 is 23.7 Å². The van der Waals surface area contributed by atoms with E-state index in [0.29, 0.717) is 12.8 Å². The zero-order valence-electron chi connectivity index (χ0n) is 17.4. The summed E-state index contributed by atoms with van der Waals surface area (Å²) in [6.45, 7) is 7.50. The quantitative estimate of drug-likeness (QED) is 0.294. The first-order valence-electron chi connectivity index (χ1n) is 10.1. The molecule has 1 saturated carbocycles. The fourth-order valence-electron chi connectivity index (χ4n) is 4.35. The minimum Gasteiger partial charge on any atom is -0.465 e. The second-order valence-electron chi connectivity index (χ2n) is 8.55. The van der Waals surface area contributed by atoms with Gasteiger partial charge in [-0.1, -0.05) is 13.5 Å². The van der Waals surface area contributed by atoms with Crippen LogP contribution in [0.1, 0.15) is 40.0 Å². The summed E-state index contributed by atoms with van der Waals surface area (Å²) in [7, 11) is 0. The normalized spacial score (nSPS) is 38.0. The number of aliphatic hydroxyl groups is 1. The number of carbonyl (C=O) groups is 4. The van der Waals surface area contributed by atoms with Gasteiger partial charge < -0.3 is 24.1 Å². The summed E-state index contributed by atoms with van der Waals surface area (Å²) < 4.78 is 22.1. The molecule has 2 heterocycles. The smallest absolute Gasteiger partial charge is 0.336 e. The van der Waals surface area contributed by atoms with Gasteiger partial charge in [-0.05, 0) is 19.8 Å². The number of carbonyl (C=O) groups excluding carboxylic acids is 4. The summed E-state index contributed by atoms with van der Waals surface area (Å²) in [6, 6.07) is 0. The van der Waals surface area contributed by atoms with Crippen molar-refractivity contribution in [1.82, 2.24) is 0 Å². The molecule has 166 valence electrons. The molecule has 0 aromatic rings. The molecular weight excluding hydrogens is 396 g/mol. The number of fused-ring (bicyclic) bond motifs is 3. The molecule has 0 spiro atoms. The number of rotatable bonds is 5. The van der Waals surface area contributed by atoms with Crippen LogP contribution in [0.25, 0.3) is 0 Å². The van der Waals surface area contributed by atoms with E-state index in [1.807, 2.05) is 6.92 Å². The van der Waals surface area contributed by atoms with Gasteiger partial charge >= 0.3 is 17.9 Å². The van der Waals surface area contributed by atoms with Crippen LogP contribution in [0.15, 0.2) is 12.2 Å². The maximum Gasteiger partial charge on any atom is 0.336 e. The van der Waals surface area contributed by atoms with Crippen molar-refractivity contribution in [1.29, 1.82) is 0 Å². The second-order valence-corrected chi connectivity index (χ2v) is 8.55. The monoisotopic (exact) mass is 424 g/mol. The summed E-state index contributed by atoms with van der Waals surface area (Å²) in [6.07, 6.45) is -1.06. The van der Waals surface area contributed by atoms with E-state index in [1.165, 1.54) is 6.92 Å². The molecule has 3 rings (SSSR count). The molecule has 3 aliphatic rings. The van der Waals surface area contributed by atoms with Gasteiger partial charge in [-0.3, -0.25) is 14.4 Å². The molecule has 3 fully saturated rings. The highest BCUT2D eigenvalue weighted by Gasteiger charge is 2.65. The van der Waals surface area contributed by atoms with Gasteiger partial charge in [0.25, 0.3) is 0 Å². The van der Waals surface area contributed by atoms with Crippen LogP contribution in [0.5, 0.6) is 0 Å². The van der Waals surface area contributed by atoms with Crippen LogP contribution in [0.4, 0.5) is 0 Å². The van der Waals surface area contributed by atoms with Gasteiger partial charge in [-0.15, -0.1) is 0 Å². The Balaban J connectivity index is 1.96. The number of aliphatic hydroxyl groups excluding tert-OH is 1. The molecule has 0 amide bonds. The fourth-order valence-corrected chi connectivity index (χ4v) is 4.35. The average Bonchev–Trinajstić information content (AvgIpc) is 3.25. The van der Waals surface area contributed by atoms with E-state index in [9.17, 15) is 24.3 Å². The zero-order chi connectivity index (χ0) is 22.2. The maximum atomic E-state index is 12.7. The van der Waals surface area contributed by atoms with Crippen molar-refractivity contribution in [3.8, 4) is 0 Å². The van der Waals surface area contributed by atoms with Gasteiger partial charge in [0.05, 0.1) is 23.7 Å². The van der Waals surface area contributed by atoms with Crippen LogP contribution >= 0.6 is 0 Å². The number of Topliss-reactive ketones (excluding diaryl/α,β-unsaturated/α-hetero) is 1. The standard InChI is InChI=1S/C21H28O9/c1-10-7-15(28-19(25)11(2)8-22)16-13(9-27-12(3)23)20(26)29-17(16)18-21(4,30-18)6-5-14(10)24/h10,13,15-18,22H,2,5-9H2,1,3-4H3/t10-,13?,15?,16+,17-,18+,21+/m0/s1. The molecule has 0 bridgehead atoms. The van der Waals surface area contributed by atoms with Crippen molar-refractivity contribution in [2.45, 2.75) is 63.9 Å². The molecule has 1 aliphatic carbocycles. The van der Waals surface area contributed by atoms with Crippen molar-refractivity contribution in [3.63, 3.8) is 0 Å². The summed E-state index contributed by atoms with van der Waals surface area (Å²) in [5.41, 5.74) is -0.757.